The molecule has 1 rings (SSSR count). The van der Waals surface area contributed by atoms with E-state index in [9.17, 15) is 14.7 Å². The number of amides is 2. The van der Waals surface area contributed by atoms with Crippen LogP contribution in [0.3, 0.4) is 0 Å². The summed E-state index contributed by atoms with van der Waals surface area (Å²) in [6, 6.07) is 5.07. The van der Waals surface area contributed by atoms with Gasteiger partial charge in [-0.05, 0) is 38.0 Å². The first-order chi connectivity index (χ1) is 9.21. The van der Waals surface area contributed by atoms with Crippen molar-refractivity contribution in [3.05, 3.63) is 29.3 Å². The molecule has 0 radical (unpaired) electrons. The number of aliphatic carboxylic acids is 1. The molecule has 0 saturated carbocycles. The lowest BCUT2D eigenvalue weighted by atomic mass is 10.0. The largest absolute Gasteiger partial charge is 0.481 e. The van der Waals surface area contributed by atoms with Crippen LogP contribution in [0, 0.1) is 13.8 Å². The van der Waals surface area contributed by atoms with E-state index in [0.29, 0.717) is 5.69 Å². The number of carbonyl (C=O) groups excluding carboxylic acids is 1. The van der Waals surface area contributed by atoms with Crippen molar-refractivity contribution in [1.82, 2.24) is 5.32 Å². The third-order valence-corrected chi connectivity index (χ3v) is 3.01. The zero-order valence-electron chi connectivity index (χ0n) is 11.9. The molecular weight excluding hydrogens is 260 g/mol. The molecule has 0 bridgehead atoms. The number of hydrogen-bond donors (Lipinski definition) is 4. The van der Waals surface area contributed by atoms with Gasteiger partial charge in [0.2, 0.25) is 0 Å². The Labute approximate surface area is 117 Å². The van der Waals surface area contributed by atoms with Crippen molar-refractivity contribution in [3.8, 4) is 0 Å². The number of urea groups is 1. The predicted octanol–water partition coefficient (Wildman–Crippen LogP) is 1.65. The van der Waals surface area contributed by atoms with E-state index in [4.69, 9.17) is 5.11 Å². The van der Waals surface area contributed by atoms with Crippen LogP contribution in [-0.4, -0.2) is 34.4 Å². The third-order valence-electron chi connectivity index (χ3n) is 3.01. The Kier molecular flexibility index (Phi) is 5.10. The van der Waals surface area contributed by atoms with E-state index in [-0.39, 0.29) is 6.54 Å². The Hall–Kier alpha value is -2.08. The van der Waals surface area contributed by atoms with Crippen LogP contribution in [0.15, 0.2) is 18.2 Å². The summed E-state index contributed by atoms with van der Waals surface area (Å²) < 4.78 is 0. The molecule has 0 saturated heterocycles. The summed E-state index contributed by atoms with van der Waals surface area (Å²) in [6.07, 6.45) is -0.434. The van der Waals surface area contributed by atoms with E-state index in [1.165, 1.54) is 6.92 Å². The van der Waals surface area contributed by atoms with Crippen molar-refractivity contribution in [2.75, 3.05) is 11.9 Å². The van der Waals surface area contributed by atoms with E-state index >= 15 is 0 Å². The highest BCUT2D eigenvalue weighted by Crippen LogP contribution is 2.17. The van der Waals surface area contributed by atoms with Gasteiger partial charge in [-0.3, -0.25) is 4.79 Å². The minimum absolute atomic E-state index is 0.143. The predicted molar refractivity (Wildman–Crippen MR) is 75.8 cm³/mol. The van der Waals surface area contributed by atoms with Gasteiger partial charge in [-0.15, -0.1) is 0 Å². The number of benzene rings is 1. The smallest absolute Gasteiger partial charge is 0.319 e. The van der Waals surface area contributed by atoms with Gasteiger partial charge in [0.05, 0.1) is 12.0 Å². The summed E-state index contributed by atoms with van der Waals surface area (Å²) in [6.45, 7) is 5.05. The number of nitrogens with one attached hydrogen (secondary N) is 2. The van der Waals surface area contributed by atoms with Gasteiger partial charge < -0.3 is 20.8 Å². The molecule has 1 unspecified atom stereocenters. The van der Waals surface area contributed by atoms with E-state index in [0.717, 1.165) is 11.1 Å². The average molecular weight is 280 g/mol. The van der Waals surface area contributed by atoms with Crippen molar-refractivity contribution >= 4 is 17.7 Å². The number of carboxylic acid groups (broad SMARTS) is 1. The maximum Gasteiger partial charge on any atom is 0.319 e. The van der Waals surface area contributed by atoms with Crippen LogP contribution in [0.2, 0.25) is 0 Å². The first-order valence-corrected chi connectivity index (χ1v) is 6.26. The van der Waals surface area contributed by atoms with Gasteiger partial charge in [-0.1, -0.05) is 12.1 Å². The number of carboxylic acids is 1. The van der Waals surface area contributed by atoms with Crippen LogP contribution in [0.1, 0.15) is 24.5 Å². The van der Waals surface area contributed by atoms with E-state index < -0.39 is 24.0 Å². The Balaban J connectivity index is 2.56. The van der Waals surface area contributed by atoms with E-state index in [2.05, 4.69) is 10.6 Å². The molecule has 6 heteroatoms. The highest BCUT2D eigenvalue weighted by molar-refractivity contribution is 5.90. The lowest BCUT2D eigenvalue weighted by Crippen LogP contribution is -2.43. The summed E-state index contributed by atoms with van der Waals surface area (Å²) >= 11 is 0. The number of aryl methyl sites for hydroxylation is 1. The molecule has 0 heterocycles. The number of rotatable bonds is 5. The summed E-state index contributed by atoms with van der Waals surface area (Å²) in [5.41, 5.74) is 1.21. The molecule has 0 aromatic heterocycles. The fourth-order valence-electron chi connectivity index (χ4n) is 1.71. The average Bonchev–Trinajstić information content (AvgIpc) is 2.31. The SMILES string of the molecule is Cc1cccc(NC(=O)NCC(C)(O)CC(=O)O)c1C. The van der Waals surface area contributed by atoms with Crippen LogP contribution in [0.25, 0.3) is 0 Å². The topological polar surface area (TPSA) is 98.7 Å². The van der Waals surface area contributed by atoms with Crippen molar-refractivity contribution in [2.24, 2.45) is 0 Å². The summed E-state index contributed by atoms with van der Waals surface area (Å²) in [7, 11) is 0. The Bertz CT molecular complexity index is 512. The zero-order chi connectivity index (χ0) is 15.3. The van der Waals surface area contributed by atoms with Gasteiger partial charge in [-0.25, -0.2) is 4.79 Å². The molecular formula is C14H20N2O4. The van der Waals surface area contributed by atoms with Gasteiger partial charge in [0.25, 0.3) is 0 Å². The Morgan fingerprint density at radius 2 is 1.95 bits per heavy atom. The number of carbonyl (C=O) groups is 2. The highest BCUT2D eigenvalue weighted by atomic mass is 16.4. The molecule has 2 amide bonds. The highest BCUT2D eigenvalue weighted by Gasteiger charge is 2.24. The van der Waals surface area contributed by atoms with Crippen LogP contribution in [0.4, 0.5) is 10.5 Å². The van der Waals surface area contributed by atoms with Gasteiger partial charge in [0, 0.05) is 12.2 Å². The van der Waals surface area contributed by atoms with Crippen LogP contribution in [-0.2, 0) is 4.79 Å². The van der Waals surface area contributed by atoms with Crippen molar-refractivity contribution < 1.29 is 19.8 Å². The second-order valence-corrected chi connectivity index (χ2v) is 5.12. The molecule has 0 aliphatic rings. The molecule has 1 atom stereocenters. The number of anilines is 1. The lowest BCUT2D eigenvalue weighted by molar-refractivity contribution is -0.141. The second-order valence-electron chi connectivity index (χ2n) is 5.12. The first-order valence-electron chi connectivity index (χ1n) is 6.26. The molecule has 0 aliphatic heterocycles. The minimum Gasteiger partial charge on any atom is -0.481 e. The third kappa shape index (κ3) is 4.89. The molecule has 0 spiro atoms. The monoisotopic (exact) mass is 280 g/mol. The first kappa shape index (κ1) is 16.0. The van der Waals surface area contributed by atoms with Gasteiger partial charge in [0.1, 0.15) is 0 Å². The maximum atomic E-state index is 11.7. The molecule has 0 aliphatic carbocycles. The Morgan fingerprint density at radius 1 is 1.30 bits per heavy atom. The van der Waals surface area contributed by atoms with Crippen LogP contribution >= 0.6 is 0 Å². The molecule has 20 heavy (non-hydrogen) atoms. The van der Waals surface area contributed by atoms with E-state index in [1.54, 1.807) is 6.07 Å². The van der Waals surface area contributed by atoms with Gasteiger partial charge in [0.15, 0.2) is 0 Å². The zero-order valence-corrected chi connectivity index (χ0v) is 11.9. The molecule has 1 aromatic carbocycles. The molecule has 1 aromatic rings. The van der Waals surface area contributed by atoms with Crippen molar-refractivity contribution in [1.29, 1.82) is 0 Å². The fraction of sp³-hybridized carbons (Fsp3) is 0.429. The van der Waals surface area contributed by atoms with E-state index in [1.807, 2.05) is 26.0 Å². The molecule has 6 nitrogen and oxygen atoms in total. The molecule has 0 fully saturated rings. The van der Waals surface area contributed by atoms with Gasteiger partial charge in [-0.2, -0.15) is 0 Å². The lowest BCUT2D eigenvalue weighted by Gasteiger charge is -2.21. The minimum atomic E-state index is -1.48. The normalized spacial score (nSPS) is 13.4. The fourth-order valence-corrected chi connectivity index (χ4v) is 1.71. The van der Waals surface area contributed by atoms with Crippen LogP contribution < -0.4 is 10.6 Å². The summed E-state index contributed by atoms with van der Waals surface area (Å²) in [4.78, 5) is 22.3. The molecule has 110 valence electrons. The van der Waals surface area contributed by atoms with Gasteiger partial charge >= 0.3 is 12.0 Å². The van der Waals surface area contributed by atoms with Crippen LogP contribution in [0.5, 0.6) is 0 Å². The second kappa shape index (κ2) is 6.38. The van der Waals surface area contributed by atoms with Crippen molar-refractivity contribution in [3.63, 3.8) is 0 Å². The maximum absolute atomic E-state index is 11.7. The number of aliphatic hydroxyl groups is 1. The summed E-state index contributed by atoms with van der Waals surface area (Å²) in [5.74, 6) is -1.12. The van der Waals surface area contributed by atoms with Crippen molar-refractivity contribution in [2.45, 2.75) is 32.8 Å². The number of hydrogen-bond acceptors (Lipinski definition) is 3. The quantitative estimate of drug-likeness (QED) is 0.659. The summed E-state index contributed by atoms with van der Waals surface area (Å²) in [5, 5.41) is 23.5. The molecule has 4 N–H and O–H groups in total. The standard InChI is InChI=1S/C14H20N2O4/c1-9-5-4-6-11(10(9)2)16-13(19)15-8-14(3,20)7-12(17)18/h4-6,20H,7-8H2,1-3H3,(H,17,18)(H2,15,16,19). The Morgan fingerprint density at radius 3 is 2.55 bits per heavy atom.